The fraction of sp³-hybridized carbons (Fsp3) is 0.417. The second-order valence-corrected chi connectivity index (χ2v) is 4.05. The maximum Gasteiger partial charge on any atom is 0.280 e. The van der Waals surface area contributed by atoms with Crippen LogP contribution in [0.3, 0.4) is 0 Å². The molecule has 1 aliphatic carbocycles. The van der Waals surface area contributed by atoms with Crippen molar-refractivity contribution in [2.75, 3.05) is 0 Å². The molecule has 1 amide bonds. The lowest BCUT2D eigenvalue weighted by Crippen LogP contribution is -2.29. The molecule has 0 unspecified atom stereocenters. The van der Waals surface area contributed by atoms with Crippen molar-refractivity contribution >= 4 is 5.91 Å². The van der Waals surface area contributed by atoms with Crippen LogP contribution in [-0.2, 0) is 4.84 Å². The van der Waals surface area contributed by atoms with Crippen LogP contribution >= 0.6 is 0 Å². The number of carbonyl (C=O) groups is 1. The number of halogens is 2. The largest absolute Gasteiger partial charge is 0.280 e. The predicted molar refractivity (Wildman–Crippen MR) is 57.2 cm³/mol. The number of amides is 1. The summed E-state index contributed by atoms with van der Waals surface area (Å²) in [7, 11) is 0. The molecule has 0 aliphatic heterocycles. The summed E-state index contributed by atoms with van der Waals surface area (Å²) in [5.41, 5.74) is 1.50. The topological polar surface area (TPSA) is 38.3 Å². The molecule has 0 aromatic heterocycles. The first-order valence-corrected chi connectivity index (χ1v) is 5.58. The van der Waals surface area contributed by atoms with Gasteiger partial charge in [-0.2, -0.15) is 0 Å². The van der Waals surface area contributed by atoms with Crippen molar-refractivity contribution in [3.63, 3.8) is 0 Å². The molecule has 0 heterocycles. The molecule has 2 rings (SSSR count). The van der Waals surface area contributed by atoms with E-state index in [0.717, 1.165) is 37.8 Å². The Morgan fingerprint density at radius 3 is 2.41 bits per heavy atom. The van der Waals surface area contributed by atoms with Crippen molar-refractivity contribution < 1.29 is 18.4 Å². The molecule has 1 N–H and O–H groups in total. The Kier molecular flexibility index (Phi) is 3.68. The zero-order valence-corrected chi connectivity index (χ0v) is 9.21. The average molecular weight is 241 g/mol. The molecule has 1 aromatic rings. The first-order valence-electron chi connectivity index (χ1n) is 5.58. The Labute approximate surface area is 97.7 Å². The van der Waals surface area contributed by atoms with Gasteiger partial charge in [-0.3, -0.25) is 9.63 Å². The highest BCUT2D eigenvalue weighted by Gasteiger charge is 2.20. The molecule has 17 heavy (non-hydrogen) atoms. The van der Waals surface area contributed by atoms with Crippen LogP contribution in [0.5, 0.6) is 0 Å². The molecule has 92 valence electrons. The van der Waals surface area contributed by atoms with Crippen LogP contribution in [-0.4, -0.2) is 12.0 Å². The minimum absolute atomic E-state index is 0.0474. The summed E-state index contributed by atoms with van der Waals surface area (Å²) >= 11 is 0. The van der Waals surface area contributed by atoms with Gasteiger partial charge in [-0.05, 0) is 25.0 Å². The molecule has 0 bridgehead atoms. The second kappa shape index (κ2) is 5.23. The Bertz CT molecular complexity index is 397. The molecule has 1 aliphatic rings. The smallest absolute Gasteiger partial charge is 0.270 e. The van der Waals surface area contributed by atoms with Crippen LogP contribution in [0.25, 0.3) is 0 Å². The summed E-state index contributed by atoms with van der Waals surface area (Å²) in [6, 6.07) is 3.28. The van der Waals surface area contributed by atoms with Crippen LogP contribution in [0.1, 0.15) is 36.0 Å². The van der Waals surface area contributed by atoms with Crippen LogP contribution in [0.2, 0.25) is 0 Å². The maximum absolute atomic E-state index is 13.2. The van der Waals surface area contributed by atoms with Gasteiger partial charge in [0.05, 0.1) is 6.10 Å². The van der Waals surface area contributed by atoms with E-state index in [2.05, 4.69) is 5.48 Å². The summed E-state index contributed by atoms with van der Waals surface area (Å²) in [6.45, 7) is 0. The summed E-state index contributed by atoms with van der Waals surface area (Å²) in [4.78, 5) is 16.6. The molecular weight excluding hydrogens is 228 g/mol. The number of hydrogen-bond donors (Lipinski definition) is 1. The van der Waals surface area contributed by atoms with Crippen LogP contribution in [0, 0.1) is 11.6 Å². The van der Waals surface area contributed by atoms with Crippen molar-refractivity contribution in [3.8, 4) is 0 Å². The van der Waals surface area contributed by atoms with E-state index in [0.29, 0.717) is 0 Å². The fourth-order valence-corrected chi connectivity index (χ4v) is 1.91. The first-order chi connectivity index (χ1) is 8.18. The van der Waals surface area contributed by atoms with Gasteiger partial charge in [-0.1, -0.05) is 18.9 Å². The predicted octanol–water partition coefficient (Wildman–Crippen LogP) is 2.57. The molecular formula is C12H13F2NO2. The van der Waals surface area contributed by atoms with Gasteiger partial charge in [-0.15, -0.1) is 0 Å². The number of carbonyl (C=O) groups excluding carboxylic acids is 1. The van der Waals surface area contributed by atoms with Gasteiger partial charge in [0, 0.05) is 0 Å². The third-order valence-electron chi connectivity index (χ3n) is 2.81. The van der Waals surface area contributed by atoms with E-state index in [4.69, 9.17) is 4.84 Å². The van der Waals surface area contributed by atoms with Gasteiger partial charge >= 0.3 is 0 Å². The zero-order chi connectivity index (χ0) is 12.3. The quantitative estimate of drug-likeness (QED) is 0.826. The normalized spacial score (nSPS) is 16.1. The molecule has 0 saturated heterocycles. The lowest BCUT2D eigenvalue weighted by atomic mass is 10.2. The monoisotopic (exact) mass is 241 g/mol. The highest BCUT2D eigenvalue weighted by molar-refractivity contribution is 5.93. The van der Waals surface area contributed by atoms with Gasteiger partial charge < -0.3 is 0 Å². The first kappa shape index (κ1) is 12.0. The van der Waals surface area contributed by atoms with Crippen molar-refractivity contribution in [2.24, 2.45) is 0 Å². The molecule has 0 spiro atoms. The lowest BCUT2D eigenvalue weighted by molar-refractivity contribution is -0.0129. The maximum atomic E-state index is 13.2. The number of benzene rings is 1. The molecule has 3 nitrogen and oxygen atoms in total. The van der Waals surface area contributed by atoms with E-state index >= 15 is 0 Å². The van der Waals surface area contributed by atoms with Gasteiger partial charge in [-0.25, -0.2) is 14.3 Å². The van der Waals surface area contributed by atoms with E-state index in [1.165, 1.54) is 6.07 Å². The van der Waals surface area contributed by atoms with Gasteiger partial charge in [0.2, 0.25) is 0 Å². The third kappa shape index (κ3) is 2.79. The molecule has 0 radical (unpaired) electrons. The molecule has 5 heteroatoms. The Hall–Kier alpha value is -1.49. The van der Waals surface area contributed by atoms with E-state index in [-0.39, 0.29) is 6.10 Å². The van der Waals surface area contributed by atoms with Crippen molar-refractivity contribution in [2.45, 2.75) is 31.8 Å². The standard InChI is InChI=1S/C12H13F2NO2/c13-9-6-3-7-10(14)11(9)12(16)15-17-8-4-1-2-5-8/h3,6-8H,1-2,4-5H2,(H,15,16). The number of hydroxylamine groups is 1. The fourth-order valence-electron chi connectivity index (χ4n) is 1.91. The highest BCUT2D eigenvalue weighted by Crippen LogP contribution is 2.20. The van der Waals surface area contributed by atoms with Crippen LogP contribution < -0.4 is 5.48 Å². The minimum Gasteiger partial charge on any atom is -0.270 e. The summed E-state index contributed by atoms with van der Waals surface area (Å²) in [6.07, 6.45) is 3.78. The summed E-state index contributed by atoms with van der Waals surface area (Å²) in [5.74, 6) is -2.66. The van der Waals surface area contributed by atoms with E-state index < -0.39 is 23.1 Å². The number of hydrogen-bond acceptors (Lipinski definition) is 2. The van der Waals surface area contributed by atoms with Gasteiger partial charge in [0.1, 0.15) is 17.2 Å². The minimum atomic E-state index is -0.891. The van der Waals surface area contributed by atoms with E-state index in [9.17, 15) is 13.6 Å². The second-order valence-electron chi connectivity index (χ2n) is 4.05. The molecule has 1 aromatic carbocycles. The molecule has 0 atom stereocenters. The zero-order valence-electron chi connectivity index (χ0n) is 9.21. The highest BCUT2D eigenvalue weighted by atomic mass is 19.1. The number of rotatable bonds is 3. The Balaban J connectivity index is 1.99. The summed E-state index contributed by atoms with van der Waals surface area (Å²) in [5, 5.41) is 0. The molecule has 1 fully saturated rings. The summed E-state index contributed by atoms with van der Waals surface area (Å²) < 4.78 is 26.5. The third-order valence-corrected chi connectivity index (χ3v) is 2.81. The van der Waals surface area contributed by atoms with E-state index in [1.54, 1.807) is 0 Å². The van der Waals surface area contributed by atoms with Gasteiger partial charge in [0.15, 0.2) is 0 Å². The van der Waals surface area contributed by atoms with Crippen molar-refractivity contribution in [1.29, 1.82) is 0 Å². The van der Waals surface area contributed by atoms with Crippen LogP contribution in [0.4, 0.5) is 8.78 Å². The average Bonchev–Trinajstić information content (AvgIpc) is 2.79. The Morgan fingerprint density at radius 1 is 1.24 bits per heavy atom. The van der Waals surface area contributed by atoms with E-state index in [1.807, 2.05) is 0 Å². The van der Waals surface area contributed by atoms with Gasteiger partial charge in [0.25, 0.3) is 5.91 Å². The van der Waals surface area contributed by atoms with Crippen LogP contribution in [0.15, 0.2) is 18.2 Å². The van der Waals surface area contributed by atoms with Crippen molar-refractivity contribution in [1.82, 2.24) is 5.48 Å². The Morgan fingerprint density at radius 2 is 1.82 bits per heavy atom. The lowest BCUT2D eigenvalue weighted by Gasteiger charge is -2.11. The van der Waals surface area contributed by atoms with Crippen molar-refractivity contribution in [3.05, 3.63) is 35.4 Å². The SMILES string of the molecule is O=C(NOC1CCCC1)c1c(F)cccc1F. The molecule has 1 saturated carbocycles. The number of nitrogens with one attached hydrogen (secondary N) is 1.